The predicted molar refractivity (Wildman–Crippen MR) is 251 cm³/mol. The zero-order valence-electron chi connectivity index (χ0n) is 39.1. The second-order valence-corrected chi connectivity index (χ2v) is 27.6. The number of pyridine rings is 1. The van der Waals surface area contributed by atoms with Crippen LogP contribution in [0.15, 0.2) is 30.5 Å². The van der Waals surface area contributed by atoms with E-state index in [0.29, 0.717) is 25.1 Å². The Hall–Kier alpha value is -3.54. The maximum absolute atomic E-state index is 13.3. The normalized spacial score (nSPS) is 17.5. The summed E-state index contributed by atoms with van der Waals surface area (Å²) in [7, 11) is -1.38. The van der Waals surface area contributed by atoms with E-state index in [2.05, 4.69) is 83.0 Å². The van der Waals surface area contributed by atoms with E-state index in [1.54, 1.807) is 27.9 Å². The van der Waals surface area contributed by atoms with Crippen molar-refractivity contribution in [2.24, 2.45) is 5.41 Å². The first-order valence-electron chi connectivity index (χ1n) is 22.4. The number of aromatic nitrogens is 2. The number of piperazine rings is 1. The summed E-state index contributed by atoms with van der Waals surface area (Å²) < 4.78 is 35.6. The van der Waals surface area contributed by atoms with Crippen molar-refractivity contribution in [1.29, 1.82) is 0 Å². The van der Waals surface area contributed by atoms with Crippen LogP contribution in [-0.2, 0) is 38.2 Å². The highest BCUT2D eigenvalue weighted by molar-refractivity contribution is 7.84. The summed E-state index contributed by atoms with van der Waals surface area (Å²) in [5.74, 6) is -0.607. The number of alkyl carbamates (subject to hydrolysis) is 1. The van der Waals surface area contributed by atoms with Crippen LogP contribution in [0.4, 0.5) is 10.5 Å². The second-order valence-electron chi connectivity index (χ2n) is 20.0. The first kappa shape index (κ1) is 49.5. The molecule has 1 aromatic carbocycles. The first-order chi connectivity index (χ1) is 29.2. The van der Waals surface area contributed by atoms with Crippen LogP contribution in [0.5, 0.6) is 5.75 Å². The highest BCUT2D eigenvalue weighted by Gasteiger charge is 2.35. The highest BCUT2D eigenvalue weighted by Crippen LogP contribution is 2.43. The van der Waals surface area contributed by atoms with Crippen LogP contribution >= 0.6 is 0 Å². The standard InChI is InChI=1S/C46H74N6O8SSi/c1-12-52-39-18-17-34(59-23-13-14-38(49-61(57)45(3,4)5)41(43(54)55)48-44(56)60-24-25-62(9,10)11)27-35(39)37(28-46(6,7)30-53)42(52)36-26-33(29-47-40(36)31(2)58-8)51-21-19-50(20-22-51)32-15-16-32/h17-18,26-27,29,31-32,38,41,49,53H,12-16,19-25,28,30H2,1-11H3,(H,48,56)(H,54,55)/t31-,38?,41?,61?/m0/s1. The Morgan fingerprint density at radius 3 is 2.32 bits per heavy atom. The summed E-state index contributed by atoms with van der Waals surface area (Å²) in [6.07, 6.45) is 4.77. The average molecular weight is 899 g/mol. The van der Waals surface area contributed by atoms with E-state index in [4.69, 9.17) is 19.2 Å². The minimum atomic E-state index is -1.61. The van der Waals surface area contributed by atoms with Crippen LogP contribution in [0.1, 0.15) is 91.5 Å². The molecule has 346 valence electrons. The van der Waals surface area contributed by atoms with Gasteiger partial charge in [-0.15, -0.1) is 0 Å². The topological polar surface area (TPSA) is 168 Å². The lowest BCUT2D eigenvalue weighted by molar-refractivity contribution is -0.140. The van der Waals surface area contributed by atoms with E-state index in [0.717, 1.165) is 77.4 Å². The number of carboxylic acid groups (broad SMARTS) is 1. The van der Waals surface area contributed by atoms with Gasteiger partial charge in [0.25, 0.3) is 0 Å². The molecule has 14 nitrogen and oxygen atoms in total. The summed E-state index contributed by atoms with van der Waals surface area (Å²) in [6.45, 7) is 25.4. The number of aliphatic carboxylic acids is 1. The van der Waals surface area contributed by atoms with Crippen molar-refractivity contribution >= 4 is 47.7 Å². The van der Waals surface area contributed by atoms with E-state index >= 15 is 0 Å². The summed E-state index contributed by atoms with van der Waals surface area (Å²) in [5, 5.41) is 24.4. The Bertz CT molecular complexity index is 2020. The average Bonchev–Trinajstić information content (AvgIpc) is 4.03. The number of carboxylic acids is 1. The summed E-state index contributed by atoms with van der Waals surface area (Å²) in [4.78, 5) is 35.5. The Balaban J connectivity index is 1.43. The monoisotopic (exact) mass is 899 g/mol. The van der Waals surface area contributed by atoms with Gasteiger partial charge in [0.05, 0.1) is 64.4 Å². The van der Waals surface area contributed by atoms with Gasteiger partial charge in [-0.05, 0) is 108 Å². The Labute approximate surface area is 373 Å². The van der Waals surface area contributed by atoms with Gasteiger partial charge in [-0.2, -0.15) is 0 Å². The van der Waals surface area contributed by atoms with Crippen LogP contribution in [0.2, 0.25) is 25.7 Å². The van der Waals surface area contributed by atoms with Crippen molar-refractivity contribution in [3.05, 3.63) is 41.7 Å². The number of aliphatic hydroxyl groups is 1. The number of aliphatic hydroxyl groups excluding tert-OH is 1. The third kappa shape index (κ3) is 13.0. The summed E-state index contributed by atoms with van der Waals surface area (Å²) >= 11 is 0. The van der Waals surface area contributed by atoms with Crippen LogP contribution < -0.4 is 19.7 Å². The number of rotatable bonds is 22. The molecule has 0 radical (unpaired) electrons. The highest BCUT2D eigenvalue weighted by atomic mass is 32.2. The van der Waals surface area contributed by atoms with Gasteiger partial charge in [0.15, 0.2) is 0 Å². The molecular formula is C46H74N6O8SSi. The largest absolute Gasteiger partial charge is 0.494 e. The van der Waals surface area contributed by atoms with Crippen molar-refractivity contribution < 1.29 is 38.2 Å². The molecular weight excluding hydrogens is 825 g/mol. The van der Waals surface area contributed by atoms with Crippen LogP contribution in [0.25, 0.3) is 22.2 Å². The third-order valence-electron chi connectivity index (χ3n) is 11.9. The number of ether oxygens (including phenoxy) is 3. The first-order valence-corrected chi connectivity index (χ1v) is 27.3. The molecule has 2 aliphatic rings. The molecule has 3 heterocycles. The molecule has 3 aromatic rings. The lowest BCUT2D eigenvalue weighted by Gasteiger charge is -2.36. The summed E-state index contributed by atoms with van der Waals surface area (Å²) in [6, 6.07) is 7.61. The number of amides is 1. The van der Waals surface area contributed by atoms with Crippen LogP contribution in [0.3, 0.4) is 0 Å². The maximum Gasteiger partial charge on any atom is 0.407 e. The number of hydrogen-bond acceptors (Lipinski definition) is 10. The predicted octanol–water partition coefficient (Wildman–Crippen LogP) is 7.37. The van der Waals surface area contributed by atoms with Crippen molar-refractivity contribution in [2.75, 3.05) is 58.0 Å². The molecule has 2 fully saturated rings. The van der Waals surface area contributed by atoms with Gasteiger partial charge in [0.2, 0.25) is 0 Å². The molecule has 4 atom stereocenters. The third-order valence-corrected chi connectivity index (χ3v) is 15.3. The molecule has 62 heavy (non-hydrogen) atoms. The van der Waals surface area contributed by atoms with E-state index in [9.17, 15) is 24.0 Å². The molecule has 1 amide bonds. The van der Waals surface area contributed by atoms with Crippen molar-refractivity contribution in [2.45, 2.75) is 142 Å². The fourth-order valence-electron chi connectivity index (χ4n) is 7.94. The van der Waals surface area contributed by atoms with Gasteiger partial charge in [0, 0.05) is 77.0 Å². The smallest absolute Gasteiger partial charge is 0.407 e. The van der Waals surface area contributed by atoms with Gasteiger partial charge in [-0.3, -0.25) is 9.88 Å². The van der Waals surface area contributed by atoms with Crippen LogP contribution in [0, 0.1) is 5.41 Å². The Morgan fingerprint density at radius 1 is 1.05 bits per heavy atom. The van der Waals surface area contributed by atoms with E-state index in [-0.39, 0.29) is 32.3 Å². The molecule has 1 saturated heterocycles. The number of hydrogen-bond donors (Lipinski definition) is 4. The second kappa shape index (κ2) is 21.0. The van der Waals surface area contributed by atoms with Crippen LogP contribution in [-0.4, -0.2) is 125 Å². The number of aryl methyl sites for hydroxylation is 1. The molecule has 3 unspecified atom stereocenters. The van der Waals surface area contributed by atoms with E-state index < -0.39 is 53.4 Å². The Kier molecular flexibility index (Phi) is 16.7. The Morgan fingerprint density at radius 2 is 1.74 bits per heavy atom. The number of methoxy groups -OCH3 is 1. The molecule has 0 spiro atoms. The number of carbonyl (C=O) groups excluding carboxylic acids is 1. The van der Waals surface area contributed by atoms with E-state index in [1.165, 1.54) is 12.8 Å². The lowest BCUT2D eigenvalue weighted by atomic mass is 9.84. The summed E-state index contributed by atoms with van der Waals surface area (Å²) in [5.41, 5.74) is 5.71. The number of carbonyl (C=O) groups is 2. The van der Waals surface area contributed by atoms with Gasteiger partial charge < -0.3 is 39.2 Å². The number of anilines is 1. The molecule has 4 N–H and O–H groups in total. The number of nitrogens with zero attached hydrogens (tertiary/aromatic N) is 4. The molecule has 16 heteroatoms. The molecule has 2 aromatic heterocycles. The van der Waals surface area contributed by atoms with E-state index in [1.807, 2.05) is 19.2 Å². The number of fused-ring (bicyclic) bond motifs is 1. The number of nitrogens with one attached hydrogen (secondary N) is 2. The lowest BCUT2D eigenvalue weighted by Crippen LogP contribution is -2.56. The minimum Gasteiger partial charge on any atom is -0.494 e. The van der Waals surface area contributed by atoms with Gasteiger partial charge in [-0.25, -0.2) is 18.5 Å². The van der Waals surface area contributed by atoms with Crippen molar-refractivity contribution in [1.82, 2.24) is 24.5 Å². The fourth-order valence-corrected chi connectivity index (χ4v) is 9.54. The quantitative estimate of drug-likeness (QED) is 0.0587. The van der Waals surface area contributed by atoms with Crippen molar-refractivity contribution in [3.63, 3.8) is 0 Å². The van der Waals surface area contributed by atoms with Gasteiger partial charge >= 0.3 is 12.1 Å². The SMILES string of the molecule is CCn1c(-c2cc(N3CCN(C4CC4)CC3)cnc2[C@H](C)OC)c(CC(C)(C)CO)c2cc(OCCCC(NS(=O)C(C)(C)C)C(NC(=O)OCC[Si](C)(C)C)C(=O)O)ccc21. The molecule has 1 saturated carbocycles. The zero-order chi connectivity index (χ0) is 45.6. The minimum absolute atomic E-state index is 0.00388. The number of benzene rings is 1. The van der Waals surface area contributed by atoms with Crippen molar-refractivity contribution in [3.8, 4) is 17.0 Å². The molecule has 1 aliphatic heterocycles. The van der Waals surface area contributed by atoms with Gasteiger partial charge in [-0.1, -0.05) is 33.5 Å². The molecule has 1 aliphatic carbocycles. The molecule has 5 rings (SSSR count). The van der Waals surface area contributed by atoms with Gasteiger partial charge in [0.1, 0.15) is 11.8 Å². The maximum atomic E-state index is 13.3. The molecule has 0 bridgehead atoms. The zero-order valence-corrected chi connectivity index (χ0v) is 41.0. The fraction of sp³-hybridized carbons (Fsp3) is 0.674.